The minimum absolute atomic E-state index is 0.0342. The molecular weight excluding hydrogens is 238 g/mol. The van der Waals surface area contributed by atoms with Crippen LogP contribution in [0.5, 0.6) is 11.5 Å². The minimum atomic E-state index is -1.14. The molecule has 0 bridgehead atoms. The Hall–Kier alpha value is -2.08. The predicted molar refractivity (Wildman–Crippen MR) is 64.5 cm³/mol. The van der Waals surface area contributed by atoms with Gasteiger partial charge in [0.1, 0.15) is 0 Å². The Morgan fingerprint density at radius 1 is 1.28 bits per heavy atom. The molecule has 0 saturated carbocycles. The molecule has 1 rings (SSSR count). The first-order valence-corrected chi connectivity index (χ1v) is 5.27. The highest BCUT2D eigenvalue weighted by Gasteiger charge is 2.20. The normalized spacial score (nSPS) is 9.94. The molecular formula is C12H15NO5. The number of hydrogen-bond acceptors (Lipinski definition) is 5. The molecule has 3 N–H and O–H groups in total. The molecule has 0 aliphatic carbocycles. The Morgan fingerprint density at radius 3 is 2.39 bits per heavy atom. The monoisotopic (exact) mass is 253 g/mol. The third-order valence-electron chi connectivity index (χ3n) is 2.40. The molecule has 0 saturated heterocycles. The third kappa shape index (κ3) is 2.78. The summed E-state index contributed by atoms with van der Waals surface area (Å²) in [5.41, 5.74) is 5.45. The quantitative estimate of drug-likeness (QED) is 0.732. The van der Waals surface area contributed by atoms with E-state index in [0.29, 0.717) is 0 Å². The zero-order chi connectivity index (χ0) is 13.7. The van der Waals surface area contributed by atoms with Crippen LogP contribution in [0.15, 0.2) is 12.1 Å². The number of carbonyl (C=O) groups is 2. The van der Waals surface area contributed by atoms with Crippen LogP contribution in [0.25, 0.3) is 0 Å². The Balaban J connectivity index is 3.40. The average molecular weight is 253 g/mol. The standard InChI is InChI=1S/C12H15NO5/c1-17-10-6-7(12(15)16)5-8(11(10)18-2)9(14)3-4-13/h5-6H,3-4,13H2,1-2H3,(H,15,16). The minimum Gasteiger partial charge on any atom is -0.493 e. The number of rotatable bonds is 6. The van der Waals surface area contributed by atoms with Crippen molar-refractivity contribution in [1.82, 2.24) is 0 Å². The van der Waals surface area contributed by atoms with Gasteiger partial charge in [0, 0.05) is 6.42 Å². The van der Waals surface area contributed by atoms with Crippen LogP contribution in [-0.4, -0.2) is 37.6 Å². The van der Waals surface area contributed by atoms with Gasteiger partial charge in [-0.15, -0.1) is 0 Å². The van der Waals surface area contributed by atoms with Gasteiger partial charge in [0.05, 0.1) is 25.3 Å². The molecule has 0 aliphatic rings. The first-order valence-electron chi connectivity index (χ1n) is 5.27. The maximum Gasteiger partial charge on any atom is 0.335 e. The fraction of sp³-hybridized carbons (Fsp3) is 0.333. The summed E-state index contributed by atoms with van der Waals surface area (Å²) in [6.45, 7) is 0.182. The van der Waals surface area contributed by atoms with Crippen molar-refractivity contribution in [3.63, 3.8) is 0 Å². The first-order chi connectivity index (χ1) is 8.54. The molecule has 0 heterocycles. The highest BCUT2D eigenvalue weighted by molar-refractivity contribution is 6.02. The molecule has 0 spiro atoms. The molecule has 6 nitrogen and oxygen atoms in total. The van der Waals surface area contributed by atoms with Crippen LogP contribution in [0.3, 0.4) is 0 Å². The lowest BCUT2D eigenvalue weighted by molar-refractivity contribution is 0.0696. The fourth-order valence-corrected chi connectivity index (χ4v) is 1.56. The Kier molecular flexibility index (Phi) is 4.67. The molecule has 0 unspecified atom stereocenters. The zero-order valence-electron chi connectivity index (χ0n) is 10.2. The molecule has 98 valence electrons. The second-order valence-corrected chi connectivity index (χ2v) is 3.53. The van der Waals surface area contributed by atoms with Crippen molar-refractivity contribution in [2.24, 2.45) is 5.73 Å². The van der Waals surface area contributed by atoms with Crippen LogP contribution in [0.4, 0.5) is 0 Å². The Bertz CT molecular complexity index is 470. The van der Waals surface area contributed by atoms with Crippen LogP contribution in [0.2, 0.25) is 0 Å². The van der Waals surface area contributed by atoms with E-state index in [0.717, 1.165) is 0 Å². The van der Waals surface area contributed by atoms with Crippen LogP contribution < -0.4 is 15.2 Å². The van der Waals surface area contributed by atoms with E-state index in [1.165, 1.54) is 26.4 Å². The van der Waals surface area contributed by atoms with Gasteiger partial charge in [0.2, 0.25) is 0 Å². The molecule has 0 radical (unpaired) electrons. The van der Waals surface area contributed by atoms with E-state index in [2.05, 4.69) is 0 Å². The van der Waals surface area contributed by atoms with Crippen molar-refractivity contribution >= 4 is 11.8 Å². The van der Waals surface area contributed by atoms with E-state index in [-0.39, 0.29) is 41.4 Å². The van der Waals surface area contributed by atoms with Crippen molar-refractivity contribution in [3.8, 4) is 11.5 Å². The number of carboxylic acids is 1. The Morgan fingerprint density at radius 2 is 1.94 bits per heavy atom. The van der Waals surface area contributed by atoms with Crippen LogP contribution in [-0.2, 0) is 0 Å². The summed E-state index contributed by atoms with van der Waals surface area (Å²) < 4.78 is 10.1. The van der Waals surface area contributed by atoms with Gasteiger partial charge >= 0.3 is 5.97 Å². The van der Waals surface area contributed by atoms with Gasteiger partial charge in [-0.25, -0.2) is 4.79 Å². The number of nitrogens with two attached hydrogens (primary N) is 1. The zero-order valence-corrected chi connectivity index (χ0v) is 10.2. The SMILES string of the molecule is COc1cc(C(=O)O)cc(C(=O)CCN)c1OC. The maximum atomic E-state index is 11.9. The molecule has 0 atom stereocenters. The van der Waals surface area contributed by atoms with E-state index in [4.69, 9.17) is 20.3 Å². The molecule has 6 heteroatoms. The van der Waals surface area contributed by atoms with Crippen molar-refractivity contribution in [3.05, 3.63) is 23.3 Å². The second-order valence-electron chi connectivity index (χ2n) is 3.53. The highest BCUT2D eigenvalue weighted by Crippen LogP contribution is 2.33. The number of hydrogen-bond donors (Lipinski definition) is 2. The molecule has 0 aromatic heterocycles. The van der Waals surface area contributed by atoms with Gasteiger partial charge in [0.25, 0.3) is 0 Å². The van der Waals surface area contributed by atoms with E-state index in [1.54, 1.807) is 0 Å². The lowest BCUT2D eigenvalue weighted by Gasteiger charge is -2.13. The molecule has 1 aromatic carbocycles. The van der Waals surface area contributed by atoms with E-state index in [9.17, 15) is 9.59 Å². The van der Waals surface area contributed by atoms with E-state index in [1.807, 2.05) is 0 Å². The largest absolute Gasteiger partial charge is 0.493 e. The highest BCUT2D eigenvalue weighted by atomic mass is 16.5. The van der Waals surface area contributed by atoms with Crippen molar-refractivity contribution in [2.75, 3.05) is 20.8 Å². The van der Waals surface area contributed by atoms with Gasteiger partial charge in [-0.05, 0) is 18.7 Å². The van der Waals surface area contributed by atoms with Gasteiger partial charge in [-0.2, -0.15) is 0 Å². The average Bonchev–Trinajstić information content (AvgIpc) is 2.37. The van der Waals surface area contributed by atoms with Gasteiger partial charge in [-0.3, -0.25) is 4.79 Å². The van der Waals surface area contributed by atoms with E-state index < -0.39 is 5.97 Å². The summed E-state index contributed by atoms with van der Waals surface area (Å²) in [6.07, 6.45) is 0.114. The van der Waals surface area contributed by atoms with Crippen LogP contribution in [0.1, 0.15) is 27.1 Å². The van der Waals surface area contributed by atoms with Crippen molar-refractivity contribution in [1.29, 1.82) is 0 Å². The van der Waals surface area contributed by atoms with Crippen molar-refractivity contribution in [2.45, 2.75) is 6.42 Å². The number of benzene rings is 1. The summed E-state index contributed by atoms with van der Waals surface area (Å²) in [7, 11) is 2.76. The molecule has 0 aliphatic heterocycles. The van der Waals surface area contributed by atoms with Gasteiger partial charge in [-0.1, -0.05) is 0 Å². The number of ketones is 1. The topological polar surface area (TPSA) is 98.9 Å². The third-order valence-corrected chi connectivity index (χ3v) is 2.40. The second kappa shape index (κ2) is 6.02. The number of aromatic carboxylic acids is 1. The molecule has 0 amide bonds. The van der Waals surface area contributed by atoms with Crippen LogP contribution >= 0.6 is 0 Å². The molecule has 1 aromatic rings. The summed E-state index contributed by atoms with van der Waals surface area (Å²) in [5, 5.41) is 8.97. The summed E-state index contributed by atoms with van der Waals surface area (Å²) in [4.78, 5) is 22.8. The van der Waals surface area contributed by atoms with Crippen molar-refractivity contribution < 1.29 is 24.2 Å². The van der Waals surface area contributed by atoms with E-state index >= 15 is 0 Å². The van der Waals surface area contributed by atoms with Gasteiger partial charge < -0.3 is 20.3 Å². The maximum absolute atomic E-state index is 11.9. The molecule has 0 fully saturated rings. The number of carboxylic acid groups (broad SMARTS) is 1. The molecule has 18 heavy (non-hydrogen) atoms. The number of ether oxygens (including phenoxy) is 2. The summed E-state index contributed by atoms with van der Waals surface area (Å²) in [5.74, 6) is -0.993. The predicted octanol–water partition coefficient (Wildman–Crippen LogP) is 0.933. The summed E-state index contributed by atoms with van der Waals surface area (Å²) >= 11 is 0. The first kappa shape index (κ1) is 14.0. The fourth-order valence-electron chi connectivity index (χ4n) is 1.56. The summed E-state index contributed by atoms with van der Waals surface area (Å²) in [6, 6.07) is 2.57. The lowest BCUT2D eigenvalue weighted by atomic mass is 10.0. The smallest absolute Gasteiger partial charge is 0.335 e. The number of carbonyl (C=O) groups excluding carboxylic acids is 1. The number of methoxy groups -OCH3 is 2. The number of Topliss-reactive ketones (excluding diaryl/α,β-unsaturated/α-hetero) is 1. The Labute approximate surface area is 104 Å². The van der Waals surface area contributed by atoms with Crippen LogP contribution in [0, 0.1) is 0 Å². The lowest BCUT2D eigenvalue weighted by Crippen LogP contribution is -2.11. The van der Waals surface area contributed by atoms with Gasteiger partial charge in [0.15, 0.2) is 17.3 Å².